The van der Waals surface area contributed by atoms with E-state index in [1.165, 1.54) is 0 Å². The highest BCUT2D eigenvalue weighted by molar-refractivity contribution is 7.46. The molecular formula is C20H24Cl2N5O6P. The van der Waals surface area contributed by atoms with Gasteiger partial charge in [-0.3, -0.25) is 0 Å². The molecule has 1 saturated heterocycles. The predicted molar refractivity (Wildman–Crippen MR) is 126 cm³/mol. The molecule has 0 amide bonds. The van der Waals surface area contributed by atoms with Gasteiger partial charge in [0.15, 0.2) is 17.2 Å². The van der Waals surface area contributed by atoms with Gasteiger partial charge in [-0.15, -0.1) is 0 Å². The maximum atomic E-state index is 9.52. The average molecular weight is 532 g/mol. The van der Waals surface area contributed by atoms with E-state index >= 15 is 0 Å². The van der Waals surface area contributed by atoms with Gasteiger partial charge in [0.1, 0.15) is 5.82 Å². The first kappa shape index (κ1) is 25.4. The van der Waals surface area contributed by atoms with Gasteiger partial charge in [0.2, 0.25) is 13.7 Å². The third-order valence-electron chi connectivity index (χ3n) is 5.55. The van der Waals surface area contributed by atoms with Gasteiger partial charge in [0.05, 0.1) is 37.5 Å². The molecule has 0 saturated carbocycles. The lowest BCUT2D eigenvalue weighted by molar-refractivity contribution is -0.106. The Morgan fingerprint density at radius 1 is 1.15 bits per heavy atom. The van der Waals surface area contributed by atoms with Crippen molar-refractivity contribution in [3.8, 4) is 0 Å². The number of nitrogens with one attached hydrogen (secondary N) is 1. The molecule has 0 bridgehead atoms. The standard InChI is InChI=1S/C20H24Cl2N5O6P/c21-13-3-1-12(2-4-13)7-23-17-15-8-24-27(18(15)26-19(22)25-17)16-6-5-14(33-16)9-32-20(10-28,11-29)34(30)31/h1-4,8,14,16,28-31H,5-7,9-11H2,(H,23,25,26). The number of halogens is 2. The lowest BCUT2D eigenvalue weighted by Gasteiger charge is -2.31. The van der Waals surface area contributed by atoms with Crippen LogP contribution in [0.15, 0.2) is 30.5 Å². The second-order valence-electron chi connectivity index (χ2n) is 7.80. The molecule has 2 atom stereocenters. The quantitative estimate of drug-likeness (QED) is 0.194. The molecule has 0 spiro atoms. The van der Waals surface area contributed by atoms with Crippen LogP contribution in [-0.4, -0.2) is 71.0 Å². The Morgan fingerprint density at radius 2 is 1.88 bits per heavy atom. The van der Waals surface area contributed by atoms with E-state index in [9.17, 15) is 20.0 Å². The molecule has 0 aliphatic carbocycles. The zero-order valence-corrected chi connectivity index (χ0v) is 20.3. The maximum Gasteiger partial charge on any atom is 0.226 e. The smallest absolute Gasteiger partial charge is 0.226 e. The molecule has 11 nitrogen and oxygen atoms in total. The summed E-state index contributed by atoms with van der Waals surface area (Å²) in [5.41, 5.74) is 1.51. The minimum Gasteiger partial charge on any atom is -0.393 e. The Labute approximate surface area is 206 Å². The van der Waals surface area contributed by atoms with Crippen molar-refractivity contribution in [1.29, 1.82) is 0 Å². The summed E-state index contributed by atoms with van der Waals surface area (Å²) in [6.45, 7) is -1.01. The van der Waals surface area contributed by atoms with Crippen molar-refractivity contribution < 1.29 is 29.5 Å². The highest BCUT2D eigenvalue weighted by Crippen LogP contribution is 2.43. The number of aromatic nitrogens is 4. The normalized spacial score (nSPS) is 18.8. The summed E-state index contributed by atoms with van der Waals surface area (Å²) in [5.74, 6) is 0.531. The molecule has 1 aliphatic heterocycles. The van der Waals surface area contributed by atoms with Gasteiger partial charge in [-0.25, -0.2) is 4.68 Å². The van der Waals surface area contributed by atoms with Crippen LogP contribution in [-0.2, 0) is 16.0 Å². The lowest BCUT2D eigenvalue weighted by Crippen LogP contribution is -2.41. The van der Waals surface area contributed by atoms with Gasteiger partial charge >= 0.3 is 0 Å². The number of aliphatic hydroxyl groups is 2. The van der Waals surface area contributed by atoms with E-state index in [2.05, 4.69) is 20.4 Å². The van der Waals surface area contributed by atoms with E-state index in [1.54, 1.807) is 10.9 Å². The monoisotopic (exact) mass is 531 g/mol. The van der Waals surface area contributed by atoms with E-state index in [0.717, 1.165) is 5.56 Å². The van der Waals surface area contributed by atoms with Crippen LogP contribution in [0.4, 0.5) is 5.82 Å². The fourth-order valence-electron chi connectivity index (χ4n) is 3.60. The summed E-state index contributed by atoms with van der Waals surface area (Å²) < 4.78 is 13.1. The highest BCUT2D eigenvalue weighted by Gasteiger charge is 2.40. The molecule has 34 heavy (non-hydrogen) atoms. The predicted octanol–water partition coefficient (Wildman–Crippen LogP) is 2.42. The average Bonchev–Trinajstić information content (AvgIpc) is 3.46. The molecule has 0 radical (unpaired) electrons. The van der Waals surface area contributed by atoms with Crippen molar-refractivity contribution in [3.63, 3.8) is 0 Å². The van der Waals surface area contributed by atoms with Crippen LogP contribution in [0.5, 0.6) is 0 Å². The third kappa shape index (κ3) is 5.43. The molecule has 1 fully saturated rings. The van der Waals surface area contributed by atoms with Crippen molar-refractivity contribution in [3.05, 3.63) is 46.3 Å². The molecule has 3 heterocycles. The minimum atomic E-state index is -2.71. The van der Waals surface area contributed by atoms with Crippen LogP contribution in [0, 0.1) is 0 Å². The molecule has 3 aromatic rings. The van der Waals surface area contributed by atoms with Crippen LogP contribution >= 0.6 is 31.6 Å². The van der Waals surface area contributed by atoms with Gasteiger partial charge < -0.3 is 34.8 Å². The first-order valence-electron chi connectivity index (χ1n) is 10.4. The number of fused-ring (bicyclic) bond motifs is 1. The first-order valence-corrected chi connectivity index (χ1v) is 12.4. The Balaban J connectivity index is 1.46. The van der Waals surface area contributed by atoms with Crippen LogP contribution in [0.2, 0.25) is 10.3 Å². The molecule has 2 aromatic heterocycles. The molecule has 184 valence electrons. The summed E-state index contributed by atoms with van der Waals surface area (Å²) in [5, 5.41) is 26.1. The van der Waals surface area contributed by atoms with Crippen LogP contribution in [0.25, 0.3) is 11.0 Å². The number of nitrogens with zero attached hydrogens (tertiary/aromatic N) is 4. The van der Waals surface area contributed by atoms with E-state index in [-0.39, 0.29) is 11.9 Å². The van der Waals surface area contributed by atoms with E-state index in [4.69, 9.17) is 32.7 Å². The van der Waals surface area contributed by atoms with Crippen molar-refractivity contribution in [2.45, 2.75) is 37.1 Å². The number of ether oxygens (including phenoxy) is 2. The number of hydrogen-bond donors (Lipinski definition) is 5. The zero-order valence-electron chi connectivity index (χ0n) is 17.9. The summed E-state index contributed by atoms with van der Waals surface area (Å²) in [4.78, 5) is 27.7. The second kappa shape index (κ2) is 10.9. The second-order valence-corrected chi connectivity index (χ2v) is 9.97. The Hall–Kier alpha value is -1.66. The first-order chi connectivity index (χ1) is 16.3. The maximum absolute atomic E-state index is 9.52. The molecule has 1 aromatic carbocycles. The van der Waals surface area contributed by atoms with Gasteiger partial charge in [0, 0.05) is 11.6 Å². The Morgan fingerprint density at radius 3 is 2.56 bits per heavy atom. The molecule has 2 unspecified atom stereocenters. The fraction of sp³-hybridized carbons (Fsp3) is 0.450. The lowest BCUT2D eigenvalue weighted by atomic mass is 10.2. The van der Waals surface area contributed by atoms with Crippen LogP contribution in [0.1, 0.15) is 24.6 Å². The number of anilines is 1. The molecule has 1 aliphatic rings. The van der Waals surface area contributed by atoms with Gasteiger partial charge in [0.25, 0.3) is 0 Å². The van der Waals surface area contributed by atoms with Crippen molar-refractivity contribution in [1.82, 2.24) is 19.7 Å². The third-order valence-corrected chi connectivity index (χ3v) is 7.12. The van der Waals surface area contributed by atoms with Crippen LogP contribution in [0.3, 0.4) is 0 Å². The SMILES string of the molecule is OCC(CO)(OCC1CCC(n2ncc3c(NCc4ccc(Cl)cc4)nc(Cl)nc32)O1)P(O)O. The largest absolute Gasteiger partial charge is 0.393 e. The van der Waals surface area contributed by atoms with Crippen molar-refractivity contribution >= 4 is 48.4 Å². The van der Waals surface area contributed by atoms with Gasteiger partial charge in [-0.2, -0.15) is 15.1 Å². The fourth-order valence-corrected chi connectivity index (χ4v) is 4.33. The topological polar surface area (TPSA) is 155 Å². The van der Waals surface area contributed by atoms with E-state index in [0.29, 0.717) is 41.3 Å². The van der Waals surface area contributed by atoms with Gasteiger partial charge in [-0.05, 0) is 42.1 Å². The van der Waals surface area contributed by atoms with E-state index in [1.807, 2.05) is 24.3 Å². The Bertz CT molecular complexity index is 1110. The minimum absolute atomic E-state index is 0.0413. The zero-order chi connectivity index (χ0) is 24.3. The molecule has 14 heteroatoms. The van der Waals surface area contributed by atoms with Crippen LogP contribution < -0.4 is 5.32 Å². The summed E-state index contributed by atoms with van der Waals surface area (Å²) >= 11 is 12.1. The van der Waals surface area contributed by atoms with E-state index < -0.39 is 39.3 Å². The van der Waals surface area contributed by atoms with Crippen molar-refractivity contribution in [2.24, 2.45) is 0 Å². The highest BCUT2D eigenvalue weighted by atomic mass is 35.5. The molecular weight excluding hydrogens is 508 g/mol. The van der Waals surface area contributed by atoms with Crippen molar-refractivity contribution in [2.75, 3.05) is 25.1 Å². The molecule has 4 rings (SSSR count). The number of benzene rings is 1. The Kier molecular flexibility index (Phi) is 8.19. The number of rotatable bonds is 10. The molecule has 5 N–H and O–H groups in total. The number of hydrogen-bond acceptors (Lipinski definition) is 10. The van der Waals surface area contributed by atoms with Gasteiger partial charge in [-0.1, -0.05) is 23.7 Å². The summed E-state index contributed by atoms with van der Waals surface area (Å²) in [7, 11) is -2.71. The summed E-state index contributed by atoms with van der Waals surface area (Å²) in [6.07, 6.45) is 1.96. The summed E-state index contributed by atoms with van der Waals surface area (Å²) in [6, 6.07) is 7.44. The number of aliphatic hydroxyl groups excluding tert-OH is 2.